The standard InChI is InChI=1S/C25H37N5O6/c1-15(2)13-19(28-24(33)20-14-16-17(26-20)9-8-10-21(16)35-6)23(32)27-18(25(34)30(5)36-7)11-12-22(31)29(3)4/h8-10,14-15,18-19,26H,11-13H2,1-7H3,(H,27,32)(H,28,33)/t18-,19-/m0/s1. The third-order valence-electron chi connectivity index (χ3n) is 5.76. The van der Waals surface area contributed by atoms with Gasteiger partial charge in [-0.05, 0) is 37.0 Å². The van der Waals surface area contributed by atoms with E-state index in [1.807, 2.05) is 26.0 Å². The number of methoxy groups -OCH3 is 1. The molecule has 0 aliphatic carbocycles. The lowest BCUT2D eigenvalue weighted by atomic mass is 10.0. The Labute approximate surface area is 211 Å². The molecule has 3 N–H and O–H groups in total. The number of rotatable bonds is 12. The summed E-state index contributed by atoms with van der Waals surface area (Å²) < 4.78 is 5.35. The molecule has 198 valence electrons. The number of benzene rings is 1. The van der Waals surface area contributed by atoms with Crippen molar-refractivity contribution in [3.05, 3.63) is 30.0 Å². The largest absolute Gasteiger partial charge is 0.496 e. The molecule has 0 aliphatic rings. The number of nitrogens with zero attached hydrogens (tertiary/aromatic N) is 2. The minimum Gasteiger partial charge on any atom is -0.496 e. The maximum atomic E-state index is 13.3. The van der Waals surface area contributed by atoms with Gasteiger partial charge in [-0.1, -0.05) is 19.9 Å². The van der Waals surface area contributed by atoms with E-state index in [1.165, 1.54) is 19.1 Å². The molecule has 0 aliphatic heterocycles. The summed E-state index contributed by atoms with van der Waals surface area (Å²) in [5.41, 5.74) is 1.00. The van der Waals surface area contributed by atoms with Crippen LogP contribution in [0.1, 0.15) is 43.6 Å². The first kappa shape index (κ1) is 28.6. The van der Waals surface area contributed by atoms with Crippen molar-refractivity contribution in [1.29, 1.82) is 0 Å². The Kier molecular flexibility index (Phi) is 10.3. The molecule has 11 heteroatoms. The number of hydrogen-bond donors (Lipinski definition) is 3. The quantitative estimate of drug-likeness (QED) is 0.378. The van der Waals surface area contributed by atoms with Crippen LogP contribution < -0.4 is 15.4 Å². The molecule has 1 aromatic carbocycles. The van der Waals surface area contributed by atoms with Crippen LogP contribution in [0, 0.1) is 5.92 Å². The number of carbonyl (C=O) groups is 4. The molecule has 2 aromatic rings. The Morgan fingerprint density at radius 3 is 2.31 bits per heavy atom. The van der Waals surface area contributed by atoms with E-state index in [-0.39, 0.29) is 30.4 Å². The van der Waals surface area contributed by atoms with Gasteiger partial charge >= 0.3 is 0 Å². The van der Waals surface area contributed by atoms with Crippen LogP contribution in [0.4, 0.5) is 0 Å². The van der Waals surface area contributed by atoms with Crippen molar-refractivity contribution in [1.82, 2.24) is 25.6 Å². The van der Waals surface area contributed by atoms with Crippen molar-refractivity contribution in [2.45, 2.75) is 45.2 Å². The molecule has 2 rings (SSSR count). The number of aromatic nitrogens is 1. The zero-order chi connectivity index (χ0) is 27.0. The van der Waals surface area contributed by atoms with Gasteiger partial charge in [0.1, 0.15) is 23.5 Å². The Bertz CT molecular complexity index is 1080. The lowest BCUT2D eigenvalue weighted by Crippen LogP contribution is -2.54. The summed E-state index contributed by atoms with van der Waals surface area (Å²) in [5.74, 6) is -0.970. The van der Waals surface area contributed by atoms with Gasteiger partial charge in [0.2, 0.25) is 11.8 Å². The number of hydrogen-bond acceptors (Lipinski definition) is 6. The van der Waals surface area contributed by atoms with E-state index < -0.39 is 29.8 Å². The molecule has 0 bridgehead atoms. The molecule has 36 heavy (non-hydrogen) atoms. The highest BCUT2D eigenvalue weighted by Crippen LogP contribution is 2.26. The molecule has 1 aromatic heterocycles. The van der Waals surface area contributed by atoms with Crippen LogP contribution in [-0.2, 0) is 19.2 Å². The van der Waals surface area contributed by atoms with E-state index in [4.69, 9.17) is 9.57 Å². The molecule has 0 saturated carbocycles. The van der Waals surface area contributed by atoms with Gasteiger partial charge in [-0.3, -0.25) is 24.0 Å². The van der Waals surface area contributed by atoms with Crippen LogP contribution in [0.3, 0.4) is 0 Å². The lowest BCUT2D eigenvalue weighted by Gasteiger charge is -2.26. The third kappa shape index (κ3) is 7.45. The minimum absolute atomic E-state index is 0.0549. The normalized spacial score (nSPS) is 12.7. The number of amides is 4. The number of aromatic amines is 1. The molecule has 0 spiro atoms. The van der Waals surface area contributed by atoms with E-state index in [1.54, 1.807) is 33.3 Å². The summed E-state index contributed by atoms with van der Waals surface area (Å²) in [5, 5.41) is 7.23. The van der Waals surface area contributed by atoms with Crippen LogP contribution in [0.5, 0.6) is 5.75 Å². The fraction of sp³-hybridized carbons (Fsp3) is 0.520. The summed E-state index contributed by atoms with van der Waals surface area (Å²) in [4.78, 5) is 60.7. The Hall–Kier alpha value is -3.60. The number of H-pyrrole nitrogens is 1. The smallest absolute Gasteiger partial charge is 0.268 e. The Morgan fingerprint density at radius 2 is 1.72 bits per heavy atom. The molecule has 0 saturated heterocycles. The van der Waals surface area contributed by atoms with Gasteiger partial charge in [-0.25, -0.2) is 5.06 Å². The zero-order valence-corrected chi connectivity index (χ0v) is 22.0. The van der Waals surface area contributed by atoms with Gasteiger partial charge in [0.05, 0.1) is 14.2 Å². The number of hydroxylamine groups is 2. The first-order chi connectivity index (χ1) is 17.0. The average molecular weight is 504 g/mol. The van der Waals surface area contributed by atoms with Crippen LogP contribution in [0.15, 0.2) is 24.3 Å². The highest BCUT2D eigenvalue weighted by Gasteiger charge is 2.30. The van der Waals surface area contributed by atoms with Crippen LogP contribution >= 0.6 is 0 Å². The number of likely N-dealkylation sites (N-methyl/N-ethyl adjacent to an activating group) is 1. The highest BCUT2D eigenvalue weighted by molar-refractivity contribution is 6.01. The Morgan fingerprint density at radius 1 is 1.03 bits per heavy atom. The fourth-order valence-electron chi connectivity index (χ4n) is 3.70. The number of ether oxygens (including phenoxy) is 1. The lowest BCUT2D eigenvalue weighted by molar-refractivity contribution is -0.172. The highest BCUT2D eigenvalue weighted by atomic mass is 16.7. The summed E-state index contributed by atoms with van der Waals surface area (Å²) in [6, 6.07) is 5.19. The van der Waals surface area contributed by atoms with E-state index in [2.05, 4.69) is 15.6 Å². The SMILES string of the molecule is COc1cccc2[nH]c(C(=O)N[C@@H](CC(C)C)C(=O)N[C@@H](CCC(=O)N(C)C)C(=O)N(C)OC)cc12. The third-order valence-corrected chi connectivity index (χ3v) is 5.76. The van der Waals surface area contributed by atoms with Gasteiger partial charge in [0.25, 0.3) is 11.8 Å². The van der Waals surface area contributed by atoms with Gasteiger partial charge in [-0.15, -0.1) is 0 Å². The molecule has 2 atom stereocenters. The maximum Gasteiger partial charge on any atom is 0.268 e. The van der Waals surface area contributed by atoms with Crippen molar-refractivity contribution in [2.24, 2.45) is 5.92 Å². The average Bonchev–Trinajstić information content (AvgIpc) is 3.29. The Balaban J connectivity index is 2.22. The second-order valence-corrected chi connectivity index (χ2v) is 9.17. The first-order valence-electron chi connectivity index (χ1n) is 11.8. The fourth-order valence-corrected chi connectivity index (χ4v) is 3.70. The molecular formula is C25H37N5O6. The monoisotopic (exact) mass is 503 g/mol. The van der Waals surface area contributed by atoms with Crippen molar-refractivity contribution < 1.29 is 28.8 Å². The summed E-state index contributed by atoms with van der Waals surface area (Å²) in [6.45, 7) is 3.86. The topological polar surface area (TPSA) is 133 Å². The predicted molar refractivity (Wildman–Crippen MR) is 135 cm³/mol. The van der Waals surface area contributed by atoms with Crippen LogP contribution in [0.2, 0.25) is 0 Å². The van der Waals surface area contributed by atoms with Crippen molar-refractivity contribution in [2.75, 3.05) is 35.4 Å². The molecule has 11 nitrogen and oxygen atoms in total. The van der Waals surface area contributed by atoms with Crippen LogP contribution in [0.25, 0.3) is 10.9 Å². The van der Waals surface area contributed by atoms with E-state index in [9.17, 15) is 19.2 Å². The van der Waals surface area contributed by atoms with Crippen molar-refractivity contribution in [3.8, 4) is 5.75 Å². The second kappa shape index (κ2) is 12.9. The first-order valence-corrected chi connectivity index (χ1v) is 11.8. The molecule has 1 heterocycles. The predicted octanol–water partition coefficient (Wildman–Crippen LogP) is 1.69. The van der Waals surface area contributed by atoms with E-state index in [0.29, 0.717) is 12.2 Å². The van der Waals surface area contributed by atoms with Crippen molar-refractivity contribution in [3.63, 3.8) is 0 Å². The molecule has 0 fully saturated rings. The molecular weight excluding hydrogens is 466 g/mol. The summed E-state index contributed by atoms with van der Waals surface area (Å²) in [6.07, 6.45) is 0.484. The summed E-state index contributed by atoms with van der Waals surface area (Å²) >= 11 is 0. The number of fused-ring (bicyclic) bond motifs is 1. The molecule has 0 radical (unpaired) electrons. The zero-order valence-electron chi connectivity index (χ0n) is 22.0. The van der Waals surface area contributed by atoms with Crippen LogP contribution in [-0.4, -0.2) is 86.0 Å². The minimum atomic E-state index is -1.00. The summed E-state index contributed by atoms with van der Waals surface area (Å²) in [7, 11) is 7.54. The van der Waals surface area contributed by atoms with Gasteiger partial charge < -0.3 is 25.3 Å². The maximum absolute atomic E-state index is 13.3. The molecule has 0 unspecified atom stereocenters. The van der Waals surface area contributed by atoms with Gasteiger partial charge in [-0.2, -0.15) is 0 Å². The number of nitrogens with one attached hydrogen (secondary N) is 3. The van der Waals surface area contributed by atoms with Gasteiger partial charge in [0.15, 0.2) is 0 Å². The van der Waals surface area contributed by atoms with E-state index in [0.717, 1.165) is 16.0 Å². The number of carbonyl (C=O) groups excluding carboxylic acids is 4. The van der Waals surface area contributed by atoms with Gasteiger partial charge in [0, 0.05) is 38.5 Å². The molecule has 4 amide bonds. The second-order valence-electron chi connectivity index (χ2n) is 9.17. The van der Waals surface area contributed by atoms with Crippen molar-refractivity contribution >= 4 is 34.5 Å². The van der Waals surface area contributed by atoms with E-state index >= 15 is 0 Å².